The minimum atomic E-state index is -0.272. The molecule has 3 aromatic rings. The van der Waals surface area contributed by atoms with Gasteiger partial charge in [-0.3, -0.25) is 0 Å². The van der Waals surface area contributed by atoms with Crippen LogP contribution >= 0.6 is 11.6 Å². The van der Waals surface area contributed by atoms with Crippen molar-refractivity contribution in [3.05, 3.63) is 70.6 Å². The first kappa shape index (κ1) is 15.1. The zero-order valence-electron chi connectivity index (χ0n) is 12.4. The van der Waals surface area contributed by atoms with Gasteiger partial charge in [-0.25, -0.2) is 4.39 Å². The van der Waals surface area contributed by atoms with Crippen LogP contribution in [0.2, 0.25) is 5.02 Å². The van der Waals surface area contributed by atoms with Gasteiger partial charge in [0.05, 0.1) is 0 Å². The molecule has 22 heavy (non-hydrogen) atoms. The van der Waals surface area contributed by atoms with E-state index >= 15 is 0 Å². The molecule has 0 aliphatic carbocycles. The van der Waals surface area contributed by atoms with Crippen molar-refractivity contribution in [2.75, 3.05) is 6.54 Å². The quantitative estimate of drug-likeness (QED) is 0.766. The maximum atomic E-state index is 14.1. The van der Waals surface area contributed by atoms with Crippen LogP contribution < -0.4 is 5.73 Å². The van der Waals surface area contributed by atoms with Crippen LogP contribution in [-0.4, -0.2) is 11.1 Å². The van der Waals surface area contributed by atoms with Crippen LogP contribution in [-0.2, 0) is 13.5 Å². The lowest BCUT2D eigenvalue weighted by Gasteiger charge is -2.16. The number of hydrogen-bond acceptors (Lipinski definition) is 1. The van der Waals surface area contributed by atoms with Crippen molar-refractivity contribution < 1.29 is 4.39 Å². The number of rotatable bonds is 4. The summed E-state index contributed by atoms with van der Waals surface area (Å²) in [4.78, 5) is 0. The predicted molar refractivity (Wildman–Crippen MR) is 89.8 cm³/mol. The van der Waals surface area contributed by atoms with Gasteiger partial charge in [-0.15, -0.1) is 0 Å². The highest BCUT2D eigenvalue weighted by Crippen LogP contribution is 2.31. The van der Waals surface area contributed by atoms with Crippen molar-refractivity contribution in [2.24, 2.45) is 12.8 Å². The van der Waals surface area contributed by atoms with E-state index in [1.807, 2.05) is 19.2 Å². The fourth-order valence-electron chi connectivity index (χ4n) is 2.99. The molecule has 1 unspecified atom stereocenters. The Hall–Kier alpha value is -1.84. The van der Waals surface area contributed by atoms with E-state index in [0.717, 1.165) is 16.5 Å². The smallest absolute Gasteiger partial charge is 0.127 e. The zero-order chi connectivity index (χ0) is 15.7. The van der Waals surface area contributed by atoms with Crippen LogP contribution in [0, 0.1) is 5.82 Å². The Morgan fingerprint density at radius 1 is 1.18 bits per heavy atom. The molecule has 0 fully saturated rings. The molecule has 0 saturated carbocycles. The first-order valence-electron chi connectivity index (χ1n) is 7.28. The summed E-state index contributed by atoms with van der Waals surface area (Å²) in [6, 6.07) is 13.0. The first-order valence-corrected chi connectivity index (χ1v) is 7.66. The molecule has 2 nitrogen and oxygen atoms in total. The summed E-state index contributed by atoms with van der Waals surface area (Å²) in [7, 11) is 2.01. The normalized spacial score (nSPS) is 12.7. The van der Waals surface area contributed by atoms with E-state index < -0.39 is 0 Å². The highest BCUT2D eigenvalue weighted by molar-refractivity contribution is 6.31. The number of nitrogens with zero attached hydrogens (tertiary/aromatic N) is 1. The largest absolute Gasteiger partial charge is 0.350 e. The Morgan fingerprint density at radius 2 is 1.95 bits per heavy atom. The van der Waals surface area contributed by atoms with Crippen LogP contribution in [0.1, 0.15) is 17.0 Å². The third kappa shape index (κ3) is 2.62. The fourth-order valence-corrected chi connectivity index (χ4v) is 3.23. The molecular formula is C18H18ClFN2. The highest BCUT2D eigenvalue weighted by atomic mass is 35.5. The van der Waals surface area contributed by atoms with Crippen LogP contribution in [0.25, 0.3) is 10.9 Å². The Morgan fingerprint density at radius 3 is 2.68 bits per heavy atom. The highest BCUT2D eigenvalue weighted by Gasteiger charge is 2.19. The van der Waals surface area contributed by atoms with Crippen molar-refractivity contribution in [3.63, 3.8) is 0 Å². The van der Waals surface area contributed by atoms with Crippen molar-refractivity contribution in [3.8, 4) is 0 Å². The summed E-state index contributed by atoms with van der Waals surface area (Å²) >= 11 is 6.16. The van der Waals surface area contributed by atoms with Crippen LogP contribution in [0.3, 0.4) is 0 Å². The lowest BCUT2D eigenvalue weighted by atomic mass is 9.91. The molecule has 0 spiro atoms. The molecule has 0 saturated heterocycles. The van der Waals surface area contributed by atoms with E-state index in [9.17, 15) is 4.39 Å². The number of nitrogens with two attached hydrogens (primary N) is 1. The average molecular weight is 317 g/mol. The third-order valence-corrected chi connectivity index (χ3v) is 4.52. The number of aryl methyl sites for hydroxylation is 1. The molecule has 0 radical (unpaired) electrons. The van der Waals surface area contributed by atoms with Gasteiger partial charge in [0.1, 0.15) is 5.82 Å². The standard InChI is InChI=1S/C18H18ClFN2/c1-22-11-15(13-5-2-3-8-18(13)22)12(10-21)9-14-16(19)6-4-7-17(14)20/h2-8,11-12H,9-10,21H2,1H3. The second kappa shape index (κ2) is 6.11. The van der Waals surface area contributed by atoms with E-state index in [2.05, 4.69) is 22.9 Å². The third-order valence-electron chi connectivity index (χ3n) is 4.16. The number of fused-ring (bicyclic) bond motifs is 1. The van der Waals surface area contributed by atoms with E-state index in [1.54, 1.807) is 12.1 Å². The van der Waals surface area contributed by atoms with Crippen molar-refractivity contribution >= 4 is 22.5 Å². The van der Waals surface area contributed by atoms with E-state index in [-0.39, 0.29) is 11.7 Å². The number of para-hydroxylation sites is 1. The molecule has 0 aliphatic heterocycles. The van der Waals surface area contributed by atoms with Gasteiger partial charge in [-0.1, -0.05) is 35.9 Å². The maximum absolute atomic E-state index is 14.1. The van der Waals surface area contributed by atoms with Gasteiger partial charge in [-0.05, 0) is 36.7 Å². The Kier molecular flexibility index (Phi) is 4.19. The molecular weight excluding hydrogens is 299 g/mol. The second-order valence-electron chi connectivity index (χ2n) is 5.55. The lowest BCUT2D eigenvalue weighted by Crippen LogP contribution is -2.15. The predicted octanol–water partition coefficient (Wildman–Crippen LogP) is 4.26. The van der Waals surface area contributed by atoms with E-state index in [1.165, 1.54) is 6.07 Å². The second-order valence-corrected chi connectivity index (χ2v) is 5.96. The summed E-state index contributed by atoms with van der Waals surface area (Å²) < 4.78 is 16.1. The van der Waals surface area contributed by atoms with E-state index in [4.69, 9.17) is 17.3 Å². The average Bonchev–Trinajstić information content (AvgIpc) is 2.85. The van der Waals surface area contributed by atoms with Gasteiger partial charge < -0.3 is 10.3 Å². The molecule has 114 valence electrons. The molecule has 0 bridgehead atoms. The van der Waals surface area contributed by atoms with Gasteiger partial charge in [0.25, 0.3) is 0 Å². The minimum absolute atomic E-state index is 0.0282. The van der Waals surface area contributed by atoms with Crippen LogP contribution in [0.5, 0.6) is 0 Å². The number of hydrogen-bond donors (Lipinski definition) is 1. The SMILES string of the molecule is Cn1cc(C(CN)Cc2c(F)cccc2Cl)c2ccccc21. The molecule has 1 atom stereocenters. The van der Waals surface area contributed by atoms with Crippen LogP contribution in [0.15, 0.2) is 48.7 Å². The first-order chi connectivity index (χ1) is 10.6. The summed E-state index contributed by atoms with van der Waals surface area (Å²) in [6.45, 7) is 0.443. The minimum Gasteiger partial charge on any atom is -0.350 e. The molecule has 4 heteroatoms. The Balaban J connectivity index is 2.04. The molecule has 0 aliphatic rings. The molecule has 2 aromatic carbocycles. The van der Waals surface area contributed by atoms with Gasteiger partial charge >= 0.3 is 0 Å². The molecule has 1 aromatic heterocycles. The summed E-state index contributed by atoms with van der Waals surface area (Å²) in [5, 5.41) is 1.62. The van der Waals surface area contributed by atoms with E-state index in [0.29, 0.717) is 23.6 Å². The monoisotopic (exact) mass is 316 g/mol. The lowest BCUT2D eigenvalue weighted by molar-refractivity contribution is 0.591. The molecule has 3 rings (SSSR count). The number of aromatic nitrogens is 1. The topological polar surface area (TPSA) is 30.9 Å². The molecule has 0 amide bonds. The van der Waals surface area contributed by atoms with Gasteiger partial charge in [-0.2, -0.15) is 0 Å². The molecule has 1 heterocycles. The summed E-state index contributed by atoms with van der Waals surface area (Å²) in [5.41, 5.74) is 8.80. The van der Waals surface area contributed by atoms with Gasteiger partial charge in [0, 0.05) is 40.7 Å². The van der Waals surface area contributed by atoms with Crippen LogP contribution in [0.4, 0.5) is 4.39 Å². The number of benzene rings is 2. The fraction of sp³-hybridized carbons (Fsp3) is 0.222. The van der Waals surface area contributed by atoms with Gasteiger partial charge in [0.15, 0.2) is 0 Å². The Labute approximate surface area is 134 Å². The summed E-state index contributed by atoms with van der Waals surface area (Å²) in [5.74, 6) is -0.244. The van der Waals surface area contributed by atoms with Crippen molar-refractivity contribution in [2.45, 2.75) is 12.3 Å². The number of halogens is 2. The molecule has 2 N–H and O–H groups in total. The zero-order valence-corrected chi connectivity index (χ0v) is 13.1. The summed E-state index contributed by atoms with van der Waals surface area (Å²) in [6.07, 6.45) is 2.58. The maximum Gasteiger partial charge on any atom is 0.127 e. The Bertz CT molecular complexity index is 790. The van der Waals surface area contributed by atoms with Crippen molar-refractivity contribution in [1.82, 2.24) is 4.57 Å². The van der Waals surface area contributed by atoms with Crippen molar-refractivity contribution in [1.29, 1.82) is 0 Å². The van der Waals surface area contributed by atoms with Gasteiger partial charge in [0.2, 0.25) is 0 Å².